The number of aromatic nitrogens is 2. The molecule has 0 unspecified atom stereocenters. The second-order valence-electron chi connectivity index (χ2n) is 5.29. The normalized spacial score (nSPS) is 11.6. The second kappa shape index (κ2) is 5.42. The summed E-state index contributed by atoms with van der Waals surface area (Å²) in [6.45, 7) is 6.07. The Balaban J connectivity index is 2.22. The Morgan fingerprint density at radius 2 is 2.05 bits per heavy atom. The van der Waals surface area contributed by atoms with Crippen LogP contribution in [0.4, 0.5) is 0 Å². The number of fused-ring (bicyclic) bond motifs is 1. The molecule has 0 saturated heterocycles. The van der Waals surface area contributed by atoms with E-state index in [1.54, 1.807) is 17.4 Å². The third-order valence-electron chi connectivity index (χ3n) is 3.77. The van der Waals surface area contributed by atoms with Gasteiger partial charge in [0, 0.05) is 11.5 Å². The highest BCUT2D eigenvalue weighted by Crippen LogP contribution is 2.30. The van der Waals surface area contributed by atoms with Crippen LogP contribution in [-0.4, -0.2) is 20.5 Å². The number of thiazole rings is 1. The summed E-state index contributed by atoms with van der Waals surface area (Å²) >= 11 is 1.56. The highest BCUT2D eigenvalue weighted by molar-refractivity contribution is 7.15. The predicted octanol–water partition coefficient (Wildman–Crippen LogP) is 4.09. The van der Waals surface area contributed by atoms with E-state index in [1.807, 2.05) is 11.3 Å². The van der Waals surface area contributed by atoms with Crippen molar-refractivity contribution in [1.29, 1.82) is 0 Å². The van der Waals surface area contributed by atoms with E-state index in [-0.39, 0.29) is 0 Å². The molecule has 2 aromatic heterocycles. The number of carboxylic acids is 1. The molecule has 0 fully saturated rings. The lowest BCUT2D eigenvalue weighted by Crippen LogP contribution is -1.93. The van der Waals surface area contributed by atoms with Crippen molar-refractivity contribution >= 4 is 28.3 Å². The number of carbonyl (C=O) groups is 1. The van der Waals surface area contributed by atoms with Crippen molar-refractivity contribution in [2.45, 2.75) is 20.8 Å². The van der Waals surface area contributed by atoms with E-state index in [0.29, 0.717) is 0 Å². The number of aliphatic carboxylic acids is 1. The maximum Gasteiger partial charge on any atom is 0.328 e. The van der Waals surface area contributed by atoms with E-state index in [9.17, 15) is 4.79 Å². The number of rotatable bonds is 3. The molecule has 1 N–H and O–H groups in total. The van der Waals surface area contributed by atoms with Crippen molar-refractivity contribution in [3.05, 3.63) is 52.2 Å². The number of benzene rings is 1. The fraction of sp³-hybridized carbons (Fsp3) is 0.176. The van der Waals surface area contributed by atoms with E-state index >= 15 is 0 Å². The number of imidazole rings is 1. The van der Waals surface area contributed by atoms with Crippen LogP contribution in [0.15, 0.2) is 29.7 Å². The predicted molar refractivity (Wildman–Crippen MR) is 89.4 cm³/mol. The Kier molecular flexibility index (Phi) is 3.58. The first-order valence-electron chi connectivity index (χ1n) is 6.92. The van der Waals surface area contributed by atoms with Crippen LogP contribution >= 0.6 is 11.3 Å². The first kappa shape index (κ1) is 14.5. The minimum Gasteiger partial charge on any atom is -0.478 e. The van der Waals surface area contributed by atoms with E-state index in [4.69, 9.17) is 5.11 Å². The second-order valence-corrected chi connectivity index (χ2v) is 6.13. The fourth-order valence-corrected chi connectivity index (χ4v) is 3.38. The third-order valence-corrected chi connectivity index (χ3v) is 4.60. The molecular formula is C17H16N2O2S. The zero-order chi connectivity index (χ0) is 15.9. The van der Waals surface area contributed by atoms with Crippen LogP contribution in [0.2, 0.25) is 0 Å². The fourth-order valence-electron chi connectivity index (χ4n) is 2.43. The lowest BCUT2D eigenvalue weighted by molar-refractivity contribution is -0.131. The molecule has 22 heavy (non-hydrogen) atoms. The molecule has 5 heteroatoms. The SMILES string of the molecule is Cc1ccc(-c2csc3nc(C)c(/C=C/C(=O)O)n23)cc1C. The summed E-state index contributed by atoms with van der Waals surface area (Å²) in [4.78, 5) is 16.2. The minimum atomic E-state index is -0.961. The number of hydrogen-bond acceptors (Lipinski definition) is 3. The van der Waals surface area contributed by atoms with Crippen molar-refractivity contribution in [2.24, 2.45) is 0 Å². The Morgan fingerprint density at radius 3 is 2.73 bits per heavy atom. The summed E-state index contributed by atoms with van der Waals surface area (Å²) in [5, 5.41) is 10.9. The van der Waals surface area contributed by atoms with Crippen LogP contribution in [-0.2, 0) is 4.79 Å². The molecule has 0 aliphatic rings. The van der Waals surface area contributed by atoms with Gasteiger partial charge in [-0.2, -0.15) is 0 Å². The molecule has 4 nitrogen and oxygen atoms in total. The number of carboxylic acid groups (broad SMARTS) is 1. The average molecular weight is 312 g/mol. The van der Waals surface area contributed by atoms with Crippen LogP contribution in [0.25, 0.3) is 22.3 Å². The molecule has 0 spiro atoms. The van der Waals surface area contributed by atoms with Gasteiger partial charge in [0.05, 0.1) is 17.1 Å². The highest BCUT2D eigenvalue weighted by Gasteiger charge is 2.14. The van der Waals surface area contributed by atoms with Gasteiger partial charge in [-0.3, -0.25) is 4.40 Å². The molecule has 2 heterocycles. The molecule has 0 saturated carbocycles. The first-order chi connectivity index (χ1) is 10.5. The molecule has 0 amide bonds. The van der Waals surface area contributed by atoms with E-state index in [1.165, 1.54) is 11.1 Å². The number of nitrogens with zero attached hydrogens (tertiary/aromatic N) is 2. The van der Waals surface area contributed by atoms with Gasteiger partial charge in [-0.15, -0.1) is 11.3 Å². The van der Waals surface area contributed by atoms with Crippen molar-refractivity contribution < 1.29 is 9.90 Å². The largest absolute Gasteiger partial charge is 0.478 e. The summed E-state index contributed by atoms with van der Waals surface area (Å²) < 4.78 is 2.02. The smallest absolute Gasteiger partial charge is 0.328 e. The summed E-state index contributed by atoms with van der Waals surface area (Å²) in [7, 11) is 0. The van der Waals surface area contributed by atoms with Crippen molar-refractivity contribution in [3.8, 4) is 11.3 Å². The Labute approximate surface area is 132 Å². The van der Waals surface area contributed by atoms with Crippen molar-refractivity contribution in [1.82, 2.24) is 9.38 Å². The minimum absolute atomic E-state index is 0.812. The van der Waals surface area contributed by atoms with E-state index in [0.717, 1.165) is 33.7 Å². The van der Waals surface area contributed by atoms with Crippen LogP contribution in [0.1, 0.15) is 22.5 Å². The number of aryl methyl sites for hydroxylation is 3. The van der Waals surface area contributed by atoms with E-state index < -0.39 is 5.97 Å². The third kappa shape index (κ3) is 2.44. The highest BCUT2D eigenvalue weighted by atomic mass is 32.1. The van der Waals surface area contributed by atoms with Gasteiger partial charge in [0.1, 0.15) is 0 Å². The Bertz CT molecular complexity index is 903. The maximum atomic E-state index is 10.8. The molecule has 0 aliphatic carbocycles. The number of hydrogen-bond donors (Lipinski definition) is 1. The molecular weight excluding hydrogens is 296 g/mol. The standard InChI is InChI=1S/C17H16N2O2S/c1-10-4-5-13(8-11(10)2)15-9-22-17-18-12(3)14(19(15)17)6-7-16(20)21/h4-9H,1-3H3,(H,20,21)/b7-6+. The van der Waals surface area contributed by atoms with Crippen LogP contribution in [0.3, 0.4) is 0 Å². The van der Waals surface area contributed by atoms with Gasteiger partial charge in [0.25, 0.3) is 0 Å². The lowest BCUT2D eigenvalue weighted by Gasteiger charge is -2.06. The van der Waals surface area contributed by atoms with Crippen LogP contribution in [0.5, 0.6) is 0 Å². The maximum absolute atomic E-state index is 10.8. The zero-order valence-corrected chi connectivity index (χ0v) is 13.4. The lowest BCUT2D eigenvalue weighted by atomic mass is 10.0. The van der Waals surface area contributed by atoms with Gasteiger partial charge in [0.15, 0.2) is 4.96 Å². The molecule has 1 aromatic carbocycles. The average Bonchev–Trinajstić information content (AvgIpc) is 2.98. The topological polar surface area (TPSA) is 54.6 Å². The van der Waals surface area contributed by atoms with Gasteiger partial charge in [-0.1, -0.05) is 12.1 Å². The Morgan fingerprint density at radius 1 is 1.27 bits per heavy atom. The first-order valence-corrected chi connectivity index (χ1v) is 7.80. The summed E-state index contributed by atoms with van der Waals surface area (Å²) in [6.07, 6.45) is 2.76. The zero-order valence-electron chi connectivity index (χ0n) is 12.6. The molecule has 3 rings (SSSR count). The molecule has 0 radical (unpaired) electrons. The van der Waals surface area contributed by atoms with Crippen molar-refractivity contribution in [3.63, 3.8) is 0 Å². The summed E-state index contributed by atoms with van der Waals surface area (Å²) in [5.74, 6) is -0.961. The van der Waals surface area contributed by atoms with Gasteiger partial charge in [-0.25, -0.2) is 9.78 Å². The van der Waals surface area contributed by atoms with Crippen LogP contribution < -0.4 is 0 Å². The molecule has 112 valence electrons. The molecule has 0 aliphatic heterocycles. The van der Waals surface area contributed by atoms with E-state index in [2.05, 4.69) is 42.4 Å². The van der Waals surface area contributed by atoms with Crippen molar-refractivity contribution in [2.75, 3.05) is 0 Å². The quantitative estimate of drug-likeness (QED) is 0.741. The Hall–Kier alpha value is -2.40. The van der Waals surface area contributed by atoms with Gasteiger partial charge >= 0.3 is 5.97 Å². The van der Waals surface area contributed by atoms with Gasteiger partial charge < -0.3 is 5.11 Å². The van der Waals surface area contributed by atoms with Crippen LogP contribution in [0, 0.1) is 20.8 Å². The van der Waals surface area contributed by atoms with Gasteiger partial charge in [0.2, 0.25) is 0 Å². The summed E-state index contributed by atoms with van der Waals surface area (Å²) in [5.41, 5.74) is 6.27. The summed E-state index contributed by atoms with van der Waals surface area (Å²) in [6, 6.07) is 6.34. The molecule has 3 aromatic rings. The molecule has 0 atom stereocenters. The monoisotopic (exact) mass is 312 g/mol. The molecule has 0 bridgehead atoms. The van der Waals surface area contributed by atoms with Gasteiger partial charge in [-0.05, 0) is 49.6 Å².